The van der Waals surface area contributed by atoms with Crippen molar-refractivity contribution in [1.29, 1.82) is 0 Å². The lowest BCUT2D eigenvalue weighted by Crippen LogP contribution is -2.40. The minimum absolute atomic E-state index is 0.0554. The van der Waals surface area contributed by atoms with E-state index >= 15 is 0 Å². The van der Waals surface area contributed by atoms with E-state index in [0.29, 0.717) is 22.9 Å². The monoisotopic (exact) mass is 389 g/mol. The van der Waals surface area contributed by atoms with Crippen molar-refractivity contribution in [2.45, 2.75) is 36.6 Å². The molecule has 0 bridgehead atoms. The highest BCUT2D eigenvalue weighted by Crippen LogP contribution is 2.24. The maximum absolute atomic E-state index is 12.3. The number of benzene rings is 1. The molecular formula is C13H18F3NO5S2. The standard InChI is InChI=1S/C13H18F3NO5S2/c1-3-8-22-9-10(2)11-4-6-12(7-5-11)23(18,19)17-24(20,21)13(14,15)16/h4-7,10,17H,3,8-9H2,1-2H3. The molecule has 0 fully saturated rings. The van der Waals surface area contributed by atoms with E-state index < -0.39 is 30.5 Å². The van der Waals surface area contributed by atoms with Gasteiger partial charge in [0.25, 0.3) is 10.0 Å². The zero-order chi connectivity index (χ0) is 18.6. The SMILES string of the molecule is CCCOCC(C)c1ccc(S(=O)(=O)NS(=O)(=O)C(F)(F)F)cc1. The highest BCUT2D eigenvalue weighted by molar-refractivity contribution is 8.05. The van der Waals surface area contributed by atoms with E-state index in [1.54, 1.807) is 0 Å². The van der Waals surface area contributed by atoms with Gasteiger partial charge in [-0.2, -0.15) is 13.2 Å². The van der Waals surface area contributed by atoms with Gasteiger partial charge in [0, 0.05) is 12.5 Å². The quantitative estimate of drug-likeness (QED) is 0.690. The lowest BCUT2D eigenvalue weighted by atomic mass is 10.0. The second-order valence-electron chi connectivity index (χ2n) is 5.08. The number of rotatable bonds is 8. The fourth-order valence-corrected chi connectivity index (χ4v) is 4.13. The molecule has 1 rings (SSSR count). The smallest absolute Gasteiger partial charge is 0.381 e. The molecule has 11 heteroatoms. The molecule has 0 saturated carbocycles. The molecule has 24 heavy (non-hydrogen) atoms. The zero-order valence-electron chi connectivity index (χ0n) is 13.0. The first-order valence-corrected chi connectivity index (χ1v) is 9.90. The van der Waals surface area contributed by atoms with Crippen LogP contribution in [0.5, 0.6) is 0 Å². The van der Waals surface area contributed by atoms with Gasteiger partial charge in [-0.15, -0.1) is 0 Å². The van der Waals surface area contributed by atoms with Crippen molar-refractivity contribution in [2.75, 3.05) is 13.2 Å². The minimum Gasteiger partial charge on any atom is -0.381 e. The first-order valence-electron chi connectivity index (χ1n) is 6.93. The molecule has 0 spiro atoms. The van der Waals surface area contributed by atoms with E-state index in [1.165, 1.54) is 12.1 Å². The van der Waals surface area contributed by atoms with E-state index in [1.807, 2.05) is 13.8 Å². The first kappa shape index (κ1) is 20.9. The third-order valence-electron chi connectivity index (χ3n) is 3.00. The van der Waals surface area contributed by atoms with Gasteiger partial charge in [-0.25, -0.2) is 16.8 Å². The van der Waals surface area contributed by atoms with E-state index in [4.69, 9.17) is 4.74 Å². The number of hydrogen-bond donors (Lipinski definition) is 1. The predicted octanol–water partition coefficient (Wildman–Crippen LogP) is 2.34. The largest absolute Gasteiger partial charge is 0.512 e. The summed E-state index contributed by atoms with van der Waals surface area (Å²) in [4.78, 5) is -0.583. The van der Waals surface area contributed by atoms with Crippen molar-refractivity contribution in [3.63, 3.8) is 0 Å². The van der Waals surface area contributed by atoms with Gasteiger partial charge in [0.05, 0.1) is 11.5 Å². The summed E-state index contributed by atoms with van der Waals surface area (Å²) in [5.41, 5.74) is -5.01. The molecule has 0 heterocycles. The van der Waals surface area contributed by atoms with Gasteiger partial charge in [-0.05, 0) is 24.1 Å². The maximum Gasteiger partial charge on any atom is 0.512 e. The summed E-state index contributed by atoms with van der Waals surface area (Å²) in [6.07, 6.45) is 0.850. The van der Waals surface area contributed by atoms with Gasteiger partial charge in [0.2, 0.25) is 0 Å². The number of ether oxygens (including phenoxy) is 1. The van der Waals surface area contributed by atoms with Gasteiger partial charge < -0.3 is 4.74 Å². The normalized spacial score (nSPS) is 14.5. The van der Waals surface area contributed by atoms with Gasteiger partial charge in [-0.1, -0.05) is 30.1 Å². The van der Waals surface area contributed by atoms with Crippen LogP contribution in [0.3, 0.4) is 0 Å². The van der Waals surface area contributed by atoms with E-state index in [9.17, 15) is 30.0 Å². The predicted molar refractivity (Wildman–Crippen MR) is 81.3 cm³/mol. The molecular weight excluding hydrogens is 371 g/mol. The lowest BCUT2D eigenvalue weighted by molar-refractivity contribution is -0.0441. The summed E-state index contributed by atoms with van der Waals surface area (Å²) in [6.45, 7) is 4.77. The third-order valence-corrected chi connectivity index (χ3v) is 6.26. The molecule has 0 amide bonds. The van der Waals surface area contributed by atoms with E-state index in [2.05, 4.69) is 0 Å². The van der Waals surface area contributed by atoms with Crippen LogP contribution in [0.4, 0.5) is 13.2 Å². The maximum atomic E-state index is 12.3. The molecule has 0 aromatic heterocycles. The Bertz CT molecular complexity index is 743. The van der Waals surface area contributed by atoms with Crippen LogP contribution in [0.25, 0.3) is 0 Å². The third kappa shape index (κ3) is 5.43. The van der Waals surface area contributed by atoms with Crippen molar-refractivity contribution >= 4 is 20.0 Å². The van der Waals surface area contributed by atoms with E-state index in [-0.39, 0.29) is 5.92 Å². The van der Waals surface area contributed by atoms with Crippen LogP contribution in [-0.2, 0) is 24.8 Å². The van der Waals surface area contributed by atoms with E-state index in [0.717, 1.165) is 18.6 Å². The summed E-state index contributed by atoms with van der Waals surface area (Å²) < 4.78 is 88.2. The zero-order valence-corrected chi connectivity index (χ0v) is 14.6. The Morgan fingerprint density at radius 3 is 2.12 bits per heavy atom. The topological polar surface area (TPSA) is 89.5 Å². The van der Waals surface area contributed by atoms with Gasteiger partial charge in [0.1, 0.15) is 0 Å². The van der Waals surface area contributed by atoms with Crippen LogP contribution < -0.4 is 4.13 Å². The van der Waals surface area contributed by atoms with Crippen molar-refractivity contribution in [3.05, 3.63) is 29.8 Å². The molecule has 6 nitrogen and oxygen atoms in total. The van der Waals surface area contributed by atoms with Crippen LogP contribution in [0, 0.1) is 0 Å². The molecule has 0 aliphatic heterocycles. The molecule has 1 unspecified atom stereocenters. The minimum atomic E-state index is -6.00. The Morgan fingerprint density at radius 2 is 1.67 bits per heavy atom. The molecule has 1 aromatic carbocycles. The average Bonchev–Trinajstić information content (AvgIpc) is 2.45. The second kappa shape index (κ2) is 7.81. The average molecular weight is 389 g/mol. The molecule has 0 saturated heterocycles. The Morgan fingerprint density at radius 1 is 1.12 bits per heavy atom. The summed E-state index contributed by atoms with van der Waals surface area (Å²) in [7, 11) is -10.9. The number of sulfonamides is 2. The number of hydrogen-bond acceptors (Lipinski definition) is 5. The molecule has 138 valence electrons. The van der Waals surface area contributed by atoms with Gasteiger partial charge >= 0.3 is 15.5 Å². The number of halogens is 3. The molecule has 1 aromatic rings. The van der Waals surface area contributed by atoms with Crippen LogP contribution in [-0.4, -0.2) is 35.6 Å². The number of nitrogens with one attached hydrogen (secondary N) is 1. The molecule has 1 atom stereocenters. The van der Waals surface area contributed by atoms with Crippen molar-refractivity contribution < 1.29 is 34.7 Å². The molecule has 0 aliphatic carbocycles. The Hall–Kier alpha value is -1.17. The second-order valence-corrected chi connectivity index (χ2v) is 8.70. The van der Waals surface area contributed by atoms with Crippen LogP contribution >= 0.6 is 0 Å². The summed E-state index contributed by atoms with van der Waals surface area (Å²) in [5.74, 6) is -0.0554. The Kier molecular flexibility index (Phi) is 6.79. The van der Waals surface area contributed by atoms with Crippen molar-refractivity contribution in [3.8, 4) is 0 Å². The molecule has 0 aliphatic rings. The fraction of sp³-hybridized carbons (Fsp3) is 0.538. The number of alkyl halides is 3. The summed E-state index contributed by atoms with van der Waals surface area (Å²) >= 11 is 0. The lowest BCUT2D eigenvalue weighted by Gasteiger charge is -2.13. The van der Waals surface area contributed by atoms with Crippen LogP contribution in [0.15, 0.2) is 29.2 Å². The van der Waals surface area contributed by atoms with Crippen LogP contribution in [0.2, 0.25) is 0 Å². The molecule has 1 N–H and O–H groups in total. The first-order chi connectivity index (χ1) is 10.9. The molecule has 0 radical (unpaired) electrons. The highest BCUT2D eigenvalue weighted by Gasteiger charge is 2.48. The van der Waals surface area contributed by atoms with Crippen molar-refractivity contribution in [1.82, 2.24) is 4.13 Å². The van der Waals surface area contributed by atoms with Crippen molar-refractivity contribution in [2.24, 2.45) is 0 Å². The van der Waals surface area contributed by atoms with Crippen LogP contribution in [0.1, 0.15) is 31.7 Å². The van der Waals surface area contributed by atoms with Gasteiger partial charge in [-0.3, -0.25) is 0 Å². The summed E-state index contributed by atoms with van der Waals surface area (Å²) in [5, 5.41) is 0. The van der Waals surface area contributed by atoms with Gasteiger partial charge in [0.15, 0.2) is 0 Å². The Labute approximate surface area is 139 Å². The summed E-state index contributed by atoms with van der Waals surface area (Å²) in [6, 6.07) is 4.88. The highest BCUT2D eigenvalue weighted by atomic mass is 32.3. The fourth-order valence-electron chi connectivity index (χ4n) is 1.72. The Balaban J connectivity index is 2.92.